The molecule has 1 fully saturated rings. The van der Waals surface area contributed by atoms with E-state index in [-0.39, 0.29) is 17.1 Å². The molecule has 1 heterocycles. The molecule has 0 bridgehead atoms. The van der Waals surface area contributed by atoms with Gasteiger partial charge >= 0.3 is 0 Å². The van der Waals surface area contributed by atoms with Gasteiger partial charge in [0.15, 0.2) is 5.78 Å². The minimum atomic E-state index is -0.0932. The number of halogens is 1. The number of rotatable bonds is 4. The van der Waals surface area contributed by atoms with Crippen LogP contribution >= 0.6 is 11.6 Å². The number of nitrogens with two attached hydrogens (primary N) is 1. The standard InChI is InChI=1S/C14H20ClN3O/c1-17-14(5-3-2-4-6-14)8-12(19)11-7-10(15)9-18-13(11)16/h7,9,17H,2-6,8H2,1H3,(H2,16,18). The lowest BCUT2D eigenvalue weighted by Gasteiger charge is -2.36. The maximum atomic E-state index is 12.4. The topological polar surface area (TPSA) is 68.0 Å². The first kappa shape index (κ1) is 14.3. The zero-order valence-corrected chi connectivity index (χ0v) is 12.0. The lowest BCUT2D eigenvalue weighted by molar-refractivity contribution is 0.0915. The number of anilines is 1. The van der Waals surface area contributed by atoms with Gasteiger partial charge in [0.1, 0.15) is 5.82 Å². The molecule has 1 aliphatic carbocycles. The number of aromatic nitrogens is 1. The molecule has 0 aliphatic heterocycles. The van der Waals surface area contributed by atoms with Gasteiger partial charge in [-0.15, -0.1) is 0 Å². The summed E-state index contributed by atoms with van der Waals surface area (Å²) in [4.78, 5) is 16.4. The Bertz CT molecular complexity index is 470. The monoisotopic (exact) mass is 281 g/mol. The number of ketones is 1. The Morgan fingerprint density at radius 1 is 1.47 bits per heavy atom. The Morgan fingerprint density at radius 3 is 2.79 bits per heavy atom. The van der Waals surface area contributed by atoms with Gasteiger partial charge in [-0.3, -0.25) is 4.79 Å². The van der Waals surface area contributed by atoms with E-state index >= 15 is 0 Å². The molecule has 0 radical (unpaired) electrons. The molecule has 0 spiro atoms. The zero-order valence-electron chi connectivity index (χ0n) is 11.2. The SMILES string of the molecule is CNC1(CC(=O)c2cc(Cl)cnc2N)CCCCC1. The van der Waals surface area contributed by atoms with Crippen molar-refractivity contribution in [2.75, 3.05) is 12.8 Å². The number of Topliss-reactive ketones (excluding diaryl/α,β-unsaturated/α-hetero) is 1. The van der Waals surface area contributed by atoms with Crippen LogP contribution in [0.15, 0.2) is 12.3 Å². The lowest BCUT2D eigenvalue weighted by atomic mass is 9.77. The fraction of sp³-hybridized carbons (Fsp3) is 0.571. The Balaban J connectivity index is 2.17. The number of nitrogens with one attached hydrogen (secondary N) is 1. The number of hydrogen-bond donors (Lipinski definition) is 2. The van der Waals surface area contributed by atoms with Crippen molar-refractivity contribution in [1.29, 1.82) is 0 Å². The summed E-state index contributed by atoms with van der Waals surface area (Å²) in [5, 5.41) is 3.78. The van der Waals surface area contributed by atoms with E-state index in [4.69, 9.17) is 17.3 Å². The molecule has 0 atom stereocenters. The first-order valence-electron chi connectivity index (χ1n) is 6.69. The van der Waals surface area contributed by atoms with Crippen LogP contribution < -0.4 is 11.1 Å². The van der Waals surface area contributed by atoms with Gasteiger partial charge in [-0.1, -0.05) is 30.9 Å². The van der Waals surface area contributed by atoms with Gasteiger partial charge in [-0.05, 0) is 26.0 Å². The molecular formula is C14H20ClN3O. The average Bonchev–Trinajstić information content (AvgIpc) is 2.42. The van der Waals surface area contributed by atoms with Crippen LogP contribution in [-0.4, -0.2) is 23.4 Å². The van der Waals surface area contributed by atoms with E-state index in [1.807, 2.05) is 7.05 Å². The highest BCUT2D eigenvalue weighted by molar-refractivity contribution is 6.31. The third-order valence-electron chi connectivity index (χ3n) is 4.03. The molecule has 4 nitrogen and oxygen atoms in total. The Hall–Kier alpha value is -1.13. The minimum Gasteiger partial charge on any atom is -0.383 e. The molecule has 1 aromatic heterocycles. The number of nitrogen functional groups attached to an aromatic ring is 1. The summed E-state index contributed by atoms with van der Waals surface area (Å²) in [6, 6.07) is 1.61. The third kappa shape index (κ3) is 3.25. The van der Waals surface area contributed by atoms with Crippen LogP contribution in [0.25, 0.3) is 0 Å². The molecule has 1 aromatic rings. The lowest BCUT2D eigenvalue weighted by Crippen LogP contribution is -2.46. The van der Waals surface area contributed by atoms with E-state index in [0.717, 1.165) is 25.7 Å². The molecule has 0 amide bonds. The maximum Gasteiger partial charge on any atom is 0.168 e. The Labute approximate surface area is 118 Å². The summed E-state index contributed by atoms with van der Waals surface area (Å²) in [5.74, 6) is 0.278. The smallest absolute Gasteiger partial charge is 0.168 e. The first-order chi connectivity index (χ1) is 9.06. The summed E-state index contributed by atoms with van der Waals surface area (Å²) < 4.78 is 0. The Morgan fingerprint density at radius 2 is 2.16 bits per heavy atom. The van der Waals surface area contributed by atoms with Gasteiger partial charge in [0.2, 0.25) is 0 Å². The molecule has 19 heavy (non-hydrogen) atoms. The molecule has 3 N–H and O–H groups in total. The van der Waals surface area contributed by atoms with Crippen LogP contribution in [0, 0.1) is 0 Å². The maximum absolute atomic E-state index is 12.4. The second-order valence-electron chi connectivity index (χ2n) is 5.28. The number of carbonyl (C=O) groups excluding carboxylic acids is 1. The van der Waals surface area contributed by atoms with Gasteiger partial charge in [-0.2, -0.15) is 0 Å². The predicted octanol–water partition coefficient (Wildman–Crippen LogP) is 2.81. The first-order valence-corrected chi connectivity index (χ1v) is 7.07. The summed E-state index contributed by atoms with van der Waals surface area (Å²) in [6.45, 7) is 0. The molecule has 2 rings (SSSR count). The van der Waals surface area contributed by atoms with Crippen molar-refractivity contribution >= 4 is 23.2 Å². The van der Waals surface area contributed by atoms with E-state index in [1.165, 1.54) is 12.6 Å². The fourth-order valence-electron chi connectivity index (χ4n) is 2.82. The molecule has 5 heteroatoms. The average molecular weight is 282 g/mol. The van der Waals surface area contributed by atoms with E-state index in [9.17, 15) is 4.79 Å². The van der Waals surface area contributed by atoms with Crippen molar-refractivity contribution in [1.82, 2.24) is 10.3 Å². The van der Waals surface area contributed by atoms with Crippen LogP contribution in [-0.2, 0) is 0 Å². The van der Waals surface area contributed by atoms with Crippen LogP contribution in [0.3, 0.4) is 0 Å². The van der Waals surface area contributed by atoms with Gasteiger partial charge in [-0.25, -0.2) is 4.98 Å². The van der Waals surface area contributed by atoms with E-state index in [0.29, 0.717) is 17.0 Å². The quantitative estimate of drug-likeness (QED) is 0.833. The highest BCUT2D eigenvalue weighted by atomic mass is 35.5. The van der Waals surface area contributed by atoms with Crippen molar-refractivity contribution in [3.05, 3.63) is 22.8 Å². The minimum absolute atomic E-state index is 0.0174. The van der Waals surface area contributed by atoms with Crippen molar-refractivity contribution in [3.63, 3.8) is 0 Å². The van der Waals surface area contributed by atoms with E-state index < -0.39 is 0 Å². The zero-order chi connectivity index (χ0) is 13.9. The van der Waals surface area contributed by atoms with Gasteiger partial charge < -0.3 is 11.1 Å². The summed E-state index contributed by atoms with van der Waals surface area (Å²) in [6.07, 6.45) is 7.55. The second kappa shape index (κ2) is 5.88. The van der Waals surface area contributed by atoms with Crippen LogP contribution in [0.1, 0.15) is 48.9 Å². The Kier molecular flexibility index (Phi) is 4.42. The molecule has 0 unspecified atom stereocenters. The van der Waals surface area contributed by atoms with Crippen molar-refractivity contribution in [2.24, 2.45) is 0 Å². The number of carbonyl (C=O) groups is 1. The van der Waals surface area contributed by atoms with Crippen LogP contribution in [0.2, 0.25) is 5.02 Å². The molecule has 0 aromatic carbocycles. The van der Waals surface area contributed by atoms with E-state index in [2.05, 4.69) is 10.3 Å². The number of pyridine rings is 1. The van der Waals surface area contributed by atoms with Gasteiger partial charge in [0.05, 0.1) is 10.6 Å². The molecule has 1 saturated carbocycles. The summed E-state index contributed by atoms with van der Waals surface area (Å²) in [7, 11) is 1.93. The highest BCUT2D eigenvalue weighted by Crippen LogP contribution is 2.32. The van der Waals surface area contributed by atoms with Gasteiger partial charge in [0.25, 0.3) is 0 Å². The third-order valence-corrected chi connectivity index (χ3v) is 4.23. The van der Waals surface area contributed by atoms with Crippen LogP contribution in [0.5, 0.6) is 0 Å². The summed E-state index contributed by atoms with van der Waals surface area (Å²) in [5.41, 5.74) is 6.11. The molecule has 104 valence electrons. The van der Waals surface area contributed by atoms with Crippen molar-refractivity contribution < 1.29 is 4.79 Å². The fourth-order valence-corrected chi connectivity index (χ4v) is 2.98. The number of nitrogens with zero attached hydrogens (tertiary/aromatic N) is 1. The predicted molar refractivity (Wildman–Crippen MR) is 77.5 cm³/mol. The normalized spacial score (nSPS) is 18.2. The molecular weight excluding hydrogens is 262 g/mol. The van der Waals surface area contributed by atoms with E-state index in [1.54, 1.807) is 6.07 Å². The molecule has 1 aliphatic rings. The largest absolute Gasteiger partial charge is 0.383 e. The van der Waals surface area contributed by atoms with Crippen molar-refractivity contribution in [3.8, 4) is 0 Å². The summed E-state index contributed by atoms with van der Waals surface area (Å²) >= 11 is 5.89. The number of hydrogen-bond acceptors (Lipinski definition) is 4. The van der Waals surface area contributed by atoms with Crippen molar-refractivity contribution in [2.45, 2.75) is 44.1 Å². The molecule has 0 saturated heterocycles. The van der Waals surface area contributed by atoms with Gasteiger partial charge in [0, 0.05) is 18.2 Å². The highest BCUT2D eigenvalue weighted by Gasteiger charge is 2.33. The second-order valence-corrected chi connectivity index (χ2v) is 5.71. The van der Waals surface area contributed by atoms with Crippen LogP contribution in [0.4, 0.5) is 5.82 Å².